The monoisotopic (exact) mass is 404 g/mol. The average molecular weight is 405 g/mol. The number of hydrogen-bond donors (Lipinski definition) is 2. The van der Waals surface area contributed by atoms with Crippen LogP contribution in [0.4, 0.5) is 0 Å². The molecule has 0 unspecified atom stereocenters. The van der Waals surface area contributed by atoms with Gasteiger partial charge in [0.15, 0.2) is 0 Å². The standard InChI is InChI=1S/C20H35O4P.2H3N/c1-17(2)9-6-10-18(3)11-7-12-19(4)13-8-14-20(5)15-16-24-25(21,22)23;;/h9,11,13,15H,6-8,10,12,14,16H2,1-5H3,(H2,21,22,23);2*1H3/b18-11+,19-13+,20-15+;;. The van der Waals surface area contributed by atoms with Gasteiger partial charge in [-0.3, -0.25) is 0 Å². The van der Waals surface area contributed by atoms with Gasteiger partial charge in [0.05, 0.1) is 14.4 Å². The average Bonchev–Trinajstić information content (AvgIpc) is 2.45. The van der Waals surface area contributed by atoms with Gasteiger partial charge in [-0.25, -0.2) is 0 Å². The van der Waals surface area contributed by atoms with Crippen LogP contribution in [-0.2, 0) is 9.09 Å². The van der Waals surface area contributed by atoms with Gasteiger partial charge in [-0.2, -0.15) is 0 Å². The minimum Gasteiger partial charge on any atom is -0.790 e. The summed E-state index contributed by atoms with van der Waals surface area (Å²) in [6, 6.07) is 0. The van der Waals surface area contributed by atoms with E-state index >= 15 is 0 Å². The second kappa shape index (κ2) is 17.1. The molecular weight excluding hydrogens is 363 g/mol. The zero-order valence-electron chi connectivity index (χ0n) is 18.3. The third-order valence-corrected chi connectivity index (χ3v) is 4.28. The van der Waals surface area contributed by atoms with Crippen molar-refractivity contribution < 1.29 is 18.9 Å². The van der Waals surface area contributed by atoms with E-state index in [0.717, 1.165) is 44.1 Å². The van der Waals surface area contributed by atoms with Crippen molar-refractivity contribution in [2.24, 2.45) is 0 Å². The number of rotatable bonds is 12. The Morgan fingerprint density at radius 1 is 0.741 bits per heavy atom. The number of allylic oxidation sites excluding steroid dienone is 7. The first-order chi connectivity index (χ1) is 11.6. The summed E-state index contributed by atoms with van der Waals surface area (Å²) in [6.07, 6.45) is 14.6. The van der Waals surface area contributed by atoms with Crippen LogP contribution in [0.25, 0.3) is 0 Å². The first-order valence-electron chi connectivity index (χ1n) is 8.87. The Hall–Kier alpha value is -1.01. The molecule has 0 saturated carbocycles. The molecule has 0 aliphatic heterocycles. The molecule has 0 aromatic heterocycles. The Kier molecular flexibility index (Phi) is 19.5. The third kappa shape index (κ3) is 23.0. The van der Waals surface area contributed by atoms with E-state index in [9.17, 15) is 14.4 Å². The predicted molar refractivity (Wildman–Crippen MR) is 114 cm³/mol. The fourth-order valence-corrected chi connectivity index (χ4v) is 2.52. The van der Waals surface area contributed by atoms with Gasteiger partial charge in [0.1, 0.15) is 0 Å². The zero-order valence-corrected chi connectivity index (χ0v) is 19.2. The van der Waals surface area contributed by atoms with Crippen LogP contribution >= 0.6 is 7.82 Å². The van der Waals surface area contributed by atoms with Gasteiger partial charge in [0.25, 0.3) is 0 Å². The van der Waals surface area contributed by atoms with Crippen molar-refractivity contribution in [3.63, 3.8) is 0 Å². The van der Waals surface area contributed by atoms with Crippen molar-refractivity contribution in [2.75, 3.05) is 6.61 Å². The van der Waals surface area contributed by atoms with E-state index in [4.69, 9.17) is 0 Å². The fraction of sp³-hybridized carbons (Fsp3) is 0.600. The first-order valence-corrected chi connectivity index (χ1v) is 10.3. The van der Waals surface area contributed by atoms with Crippen LogP contribution in [0, 0.1) is 0 Å². The molecule has 0 aliphatic carbocycles. The summed E-state index contributed by atoms with van der Waals surface area (Å²) in [5.74, 6) is 0. The Balaban J connectivity index is -0.00000288. The highest BCUT2D eigenvalue weighted by Gasteiger charge is 1.94. The molecule has 0 amide bonds. The van der Waals surface area contributed by atoms with Gasteiger partial charge < -0.3 is 31.2 Å². The van der Waals surface area contributed by atoms with Gasteiger partial charge in [0, 0.05) is 0 Å². The van der Waals surface area contributed by atoms with E-state index in [1.807, 2.05) is 6.92 Å². The molecule has 0 aromatic rings. The lowest BCUT2D eigenvalue weighted by molar-refractivity contribution is -0.340. The summed E-state index contributed by atoms with van der Waals surface area (Å²) in [4.78, 5) is 20.7. The van der Waals surface area contributed by atoms with Crippen LogP contribution < -0.4 is 22.1 Å². The normalized spacial score (nSPS) is 12.9. The second-order valence-corrected chi connectivity index (χ2v) is 7.94. The summed E-state index contributed by atoms with van der Waals surface area (Å²) in [5.41, 5.74) is 5.20. The lowest BCUT2D eigenvalue weighted by atomic mass is 10.0. The molecule has 0 rings (SSSR count). The first kappa shape index (κ1) is 30.7. The van der Waals surface area contributed by atoms with Crippen molar-refractivity contribution in [3.05, 3.63) is 46.6 Å². The van der Waals surface area contributed by atoms with Crippen LogP contribution in [-0.4, -0.2) is 6.61 Å². The molecule has 0 atom stereocenters. The number of hydrogen-bond acceptors (Lipinski definition) is 4. The zero-order chi connectivity index (χ0) is 19.3. The maximum absolute atomic E-state index is 10.4. The van der Waals surface area contributed by atoms with E-state index in [1.54, 1.807) is 6.08 Å². The molecule has 0 aromatic carbocycles. The lowest BCUT2D eigenvalue weighted by Gasteiger charge is -2.27. The highest BCUT2D eigenvalue weighted by molar-refractivity contribution is 7.43. The number of phosphoric ester groups is 1. The van der Waals surface area contributed by atoms with Crippen molar-refractivity contribution in [1.82, 2.24) is 12.3 Å². The van der Waals surface area contributed by atoms with E-state index in [1.165, 1.54) is 16.7 Å². The van der Waals surface area contributed by atoms with Crippen LogP contribution in [0.2, 0.25) is 0 Å². The van der Waals surface area contributed by atoms with Gasteiger partial charge >= 0.3 is 0 Å². The fourth-order valence-electron chi connectivity index (χ4n) is 2.26. The molecule has 0 fully saturated rings. The molecule has 27 heavy (non-hydrogen) atoms. The van der Waals surface area contributed by atoms with Crippen molar-refractivity contribution in [1.29, 1.82) is 0 Å². The van der Waals surface area contributed by atoms with Gasteiger partial charge in [-0.15, -0.1) is 0 Å². The van der Waals surface area contributed by atoms with Gasteiger partial charge in [-0.1, -0.05) is 46.6 Å². The Morgan fingerprint density at radius 3 is 1.48 bits per heavy atom. The van der Waals surface area contributed by atoms with Crippen molar-refractivity contribution in [2.45, 2.75) is 73.1 Å². The SMILES string of the molecule is CC(C)=CCC/C(C)=C/CC/C(C)=C/CC/C(C)=C/COP(=O)([O-])[O-].[NH4+].[NH4+]. The van der Waals surface area contributed by atoms with E-state index in [0.29, 0.717) is 0 Å². The molecule has 8 N–H and O–H groups in total. The molecule has 0 radical (unpaired) electrons. The third-order valence-electron chi connectivity index (χ3n) is 3.82. The Morgan fingerprint density at radius 2 is 1.11 bits per heavy atom. The molecule has 0 heterocycles. The van der Waals surface area contributed by atoms with E-state index in [2.05, 4.69) is 50.4 Å². The molecule has 7 heteroatoms. The number of phosphoric acid groups is 1. The van der Waals surface area contributed by atoms with E-state index in [-0.39, 0.29) is 18.9 Å². The minimum absolute atomic E-state index is 0. The Labute approximate surface area is 165 Å². The highest BCUT2D eigenvalue weighted by Crippen LogP contribution is 2.24. The summed E-state index contributed by atoms with van der Waals surface area (Å²) in [6.45, 7) is 10.3. The lowest BCUT2D eigenvalue weighted by Crippen LogP contribution is -2.16. The minimum atomic E-state index is -4.86. The predicted octanol–water partition coefficient (Wildman–Crippen LogP) is 5.73. The van der Waals surface area contributed by atoms with Crippen molar-refractivity contribution >= 4 is 7.82 Å². The summed E-state index contributed by atoms with van der Waals surface area (Å²) in [5, 5.41) is 0. The van der Waals surface area contributed by atoms with Crippen LogP contribution in [0.3, 0.4) is 0 Å². The molecule has 0 bridgehead atoms. The topological polar surface area (TPSA) is 145 Å². The highest BCUT2D eigenvalue weighted by atomic mass is 31.2. The van der Waals surface area contributed by atoms with Gasteiger partial charge in [0.2, 0.25) is 0 Å². The molecule has 0 saturated heterocycles. The molecule has 0 spiro atoms. The number of quaternary nitrogens is 2. The van der Waals surface area contributed by atoms with Crippen LogP contribution in [0.1, 0.15) is 73.1 Å². The van der Waals surface area contributed by atoms with Crippen LogP contribution in [0.5, 0.6) is 0 Å². The van der Waals surface area contributed by atoms with Gasteiger partial charge in [-0.05, 0) is 73.1 Å². The second-order valence-electron chi connectivity index (χ2n) is 6.79. The molecule has 0 aliphatic rings. The molecule has 160 valence electrons. The maximum atomic E-state index is 10.4. The smallest absolute Gasteiger partial charge is 0.0702 e. The summed E-state index contributed by atoms with van der Waals surface area (Å²) >= 11 is 0. The Bertz CT molecular complexity index is 556. The van der Waals surface area contributed by atoms with E-state index < -0.39 is 7.82 Å². The quantitative estimate of drug-likeness (QED) is 0.316. The summed E-state index contributed by atoms with van der Waals surface area (Å²) in [7, 11) is -4.86. The maximum Gasteiger partial charge on any atom is 0.0702 e. The largest absolute Gasteiger partial charge is 0.790 e. The summed E-state index contributed by atoms with van der Waals surface area (Å²) < 4.78 is 14.5. The van der Waals surface area contributed by atoms with Crippen molar-refractivity contribution in [3.8, 4) is 0 Å². The molecular formula is C20H41N2O4P. The molecule has 6 nitrogen and oxygen atoms in total. The van der Waals surface area contributed by atoms with Crippen LogP contribution in [0.15, 0.2) is 46.6 Å².